The Hall–Kier alpha value is -2.46. The number of nitrogens with one attached hydrogen (secondary N) is 1. The Morgan fingerprint density at radius 3 is 2.35 bits per heavy atom. The monoisotopic (exact) mass is 476 g/mol. The average Bonchev–Trinajstić information content (AvgIpc) is 2.76. The summed E-state index contributed by atoms with van der Waals surface area (Å²) in [5.74, 6) is -2.58. The molecule has 10 heteroatoms. The molecule has 0 unspecified atom stereocenters. The van der Waals surface area contributed by atoms with Crippen molar-refractivity contribution in [2.24, 2.45) is 4.99 Å². The van der Waals surface area contributed by atoms with Crippen LogP contribution in [0.5, 0.6) is 5.75 Å². The summed E-state index contributed by atoms with van der Waals surface area (Å²) in [6, 6.07) is 10.5. The van der Waals surface area contributed by atoms with Gasteiger partial charge in [-0.1, -0.05) is 48.2 Å². The number of carboxylic acid groups (broad SMARTS) is 1. The first-order valence-electron chi connectivity index (χ1n) is 9.45. The minimum atomic E-state index is -1.39. The minimum Gasteiger partial charge on any atom is -0.871 e. The zero-order valence-corrected chi connectivity index (χ0v) is 23.2. The van der Waals surface area contributed by atoms with Crippen molar-refractivity contribution in [2.45, 2.75) is 6.92 Å². The van der Waals surface area contributed by atoms with E-state index >= 15 is 0 Å². The van der Waals surface area contributed by atoms with E-state index in [1.807, 2.05) is 0 Å². The Balaban J connectivity index is 0.00000289. The quantitative estimate of drug-likeness (QED) is 0.254. The van der Waals surface area contributed by atoms with E-state index in [9.17, 15) is 24.6 Å². The van der Waals surface area contributed by atoms with Crippen LogP contribution in [0.3, 0.4) is 0 Å². The molecular formula is C24H18N2Na2O6. The van der Waals surface area contributed by atoms with Crippen molar-refractivity contribution >= 4 is 35.3 Å². The molecule has 162 valence electrons. The van der Waals surface area contributed by atoms with Crippen molar-refractivity contribution in [3.05, 3.63) is 88.7 Å². The number of carbonyl (C=O) groups excluding carboxylic acids is 3. The number of ether oxygens (including phenoxy) is 1. The van der Waals surface area contributed by atoms with Crippen LogP contribution in [0.25, 0.3) is 5.57 Å². The van der Waals surface area contributed by atoms with Crippen LogP contribution in [0.2, 0.25) is 0 Å². The second-order valence-electron chi connectivity index (χ2n) is 6.75. The predicted octanol–water partition coefficient (Wildman–Crippen LogP) is -4.60. The van der Waals surface area contributed by atoms with Gasteiger partial charge in [-0.05, 0) is 40.5 Å². The number of hydrogen-bond acceptors (Lipinski definition) is 7. The molecule has 1 amide bonds. The number of amides is 1. The Morgan fingerprint density at radius 2 is 1.74 bits per heavy atom. The number of benzene rings is 2. The summed E-state index contributed by atoms with van der Waals surface area (Å²) in [4.78, 5) is 39.5. The first-order valence-corrected chi connectivity index (χ1v) is 9.45. The molecule has 0 spiro atoms. The van der Waals surface area contributed by atoms with Crippen molar-refractivity contribution in [1.29, 1.82) is 0 Å². The summed E-state index contributed by atoms with van der Waals surface area (Å²) in [7, 11) is 1.39. The normalized spacial score (nSPS) is 13.9. The van der Waals surface area contributed by atoms with Gasteiger partial charge in [0.15, 0.2) is 6.40 Å². The van der Waals surface area contributed by atoms with Crippen molar-refractivity contribution in [1.82, 2.24) is 5.32 Å². The van der Waals surface area contributed by atoms with E-state index in [0.29, 0.717) is 22.3 Å². The van der Waals surface area contributed by atoms with Crippen molar-refractivity contribution in [3.8, 4) is 5.75 Å². The van der Waals surface area contributed by atoms with Gasteiger partial charge in [0.1, 0.15) is 0 Å². The summed E-state index contributed by atoms with van der Waals surface area (Å²) < 4.78 is 4.79. The first-order chi connectivity index (χ1) is 15.3. The molecule has 0 aromatic heterocycles. The third-order valence-corrected chi connectivity index (χ3v) is 4.54. The molecule has 0 aliphatic heterocycles. The molecule has 0 saturated heterocycles. The van der Waals surface area contributed by atoms with Crippen LogP contribution in [-0.4, -0.2) is 31.2 Å². The number of nitrogens with zero attached hydrogens (tertiary/aromatic N) is 1. The van der Waals surface area contributed by atoms with E-state index in [2.05, 4.69) is 10.3 Å². The molecule has 0 radical (unpaired) electrons. The van der Waals surface area contributed by atoms with E-state index in [-0.39, 0.29) is 81.8 Å². The van der Waals surface area contributed by atoms with Crippen molar-refractivity contribution < 1.29 is 88.4 Å². The summed E-state index contributed by atoms with van der Waals surface area (Å²) in [6.07, 6.45) is 5.34. The average molecular weight is 476 g/mol. The Kier molecular flexibility index (Phi) is 11.7. The molecule has 2 aromatic carbocycles. The zero-order chi connectivity index (χ0) is 23.3. The Labute approximate surface area is 240 Å². The van der Waals surface area contributed by atoms with Gasteiger partial charge >= 0.3 is 59.1 Å². The molecule has 0 heterocycles. The van der Waals surface area contributed by atoms with Gasteiger partial charge in [0.25, 0.3) is 0 Å². The van der Waals surface area contributed by atoms with E-state index in [4.69, 9.17) is 4.74 Å². The number of aliphatic imine (C=N–C) groups is 1. The SMILES string of the molecule is COC=Nc1cc(/C(=C2\C=CC(=O)C(NC(C)=O)=C2)c2ccccc2C(=O)[O-])ccc1[O-].[Na+].[Na+]. The summed E-state index contributed by atoms with van der Waals surface area (Å²) >= 11 is 0. The molecule has 0 saturated carbocycles. The fourth-order valence-corrected chi connectivity index (χ4v) is 3.21. The number of rotatable bonds is 6. The molecule has 2 aromatic rings. The summed E-state index contributed by atoms with van der Waals surface area (Å²) in [5, 5.41) is 26.5. The van der Waals surface area contributed by atoms with Crippen LogP contribution >= 0.6 is 0 Å². The summed E-state index contributed by atoms with van der Waals surface area (Å²) in [5.41, 5.74) is 1.66. The van der Waals surface area contributed by atoms with Crippen molar-refractivity contribution in [2.75, 3.05) is 7.11 Å². The van der Waals surface area contributed by atoms with Crippen molar-refractivity contribution in [3.63, 3.8) is 0 Å². The molecule has 1 aliphatic carbocycles. The predicted molar refractivity (Wildman–Crippen MR) is 114 cm³/mol. The molecule has 34 heavy (non-hydrogen) atoms. The maximum Gasteiger partial charge on any atom is 1.00 e. The molecule has 3 rings (SSSR count). The maximum atomic E-state index is 12.2. The molecule has 8 nitrogen and oxygen atoms in total. The fraction of sp³-hybridized carbons (Fsp3) is 0.0833. The van der Waals surface area contributed by atoms with Gasteiger partial charge in [-0.3, -0.25) is 9.59 Å². The van der Waals surface area contributed by atoms with Crippen LogP contribution in [-0.2, 0) is 14.3 Å². The third kappa shape index (κ3) is 7.02. The zero-order valence-electron chi connectivity index (χ0n) is 19.2. The summed E-state index contributed by atoms with van der Waals surface area (Å²) in [6.45, 7) is 1.27. The van der Waals surface area contributed by atoms with Crippen LogP contribution < -0.4 is 74.6 Å². The molecule has 0 fully saturated rings. The fourth-order valence-electron chi connectivity index (χ4n) is 3.21. The van der Waals surface area contributed by atoms with Gasteiger partial charge in [0, 0.05) is 12.5 Å². The number of allylic oxidation sites excluding steroid dienone is 4. The first kappa shape index (κ1) is 29.6. The van der Waals surface area contributed by atoms with Crippen LogP contribution in [0.4, 0.5) is 5.69 Å². The van der Waals surface area contributed by atoms with Gasteiger partial charge in [-0.25, -0.2) is 4.99 Å². The molecule has 1 aliphatic rings. The molecule has 0 bridgehead atoms. The van der Waals surface area contributed by atoms with E-state index in [1.54, 1.807) is 18.2 Å². The third-order valence-electron chi connectivity index (χ3n) is 4.54. The number of ketones is 1. The van der Waals surface area contributed by atoms with Gasteiger partial charge < -0.3 is 25.1 Å². The van der Waals surface area contributed by atoms with E-state index in [1.165, 1.54) is 56.5 Å². The number of carbonyl (C=O) groups is 3. The number of carboxylic acids is 1. The van der Waals surface area contributed by atoms with Gasteiger partial charge in [0.05, 0.1) is 24.5 Å². The van der Waals surface area contributed by atoms with Crippen LogP contribution in [0, 0.1) is 0 Å². The molecule has 1 N–H and O–H groups in total. The smallest absolute Gasteiger partial charge is 0.871 e. The topological polar surface area (TPSA) is 131 Å². The standard InChI is InChI=1S/C24H20N2O6.2Na/c1-14(27)26-20-12-16(8-10-22(20)29)23(17-5-3-4-6-18(17)24(30)31)15-7-9-21(28)19(11-15)25-13-32-2;;/h3-13,28H,1-2H3,(H,26,27)(H,30,31);;/q;2*+1/p-2/b23-16-,25-13?;;. The minimum absolute atomic E-state index is 0. The molecule has 0 atom stereocenters. The van der Waals surface area contributed by atoms with Gasteiger partial charge in [0.2, 0.25) is 11.7 Å². The van der Waals surface area contributed by atoms with Crippen LogP contribution in [0.15, 0.2) is 77.0 Å². The second kappa shape index (κ2) is 13.4. The maximum absolute atomic E-state index is 12.2. The number of aromatic carboxylic acids is 1. The van der Waals surface area contributed by atoms with E-state index in [0.717, 1.165) is 6.40 Å². The number of hydrogen-bond donors (Lipinski definition) is 1. The number of methoxy groups -OCH3 is 1. The van der Waals surface area contributed by atoms with Gasteiger partial charge in [-0.15, -0.1) is 0 Å². The largest absolute Gasteiger partial charge is 1.00 e. The Bertz CT molecular complexity index is 1230. The van der Waals surface area contributed by atoms with Gasteiger partial charge in [-0.2, -0.15) is 0 Å². The second-order valence-corrected chi connectivity index (χ2v) is 6.75. The molecular weight excluding hydrogens is 458 g/mol. The van der Waals surface area contributed by atoms with Crippen LogP contribution in [0.1, 0.15) is 28.4 Å². The van der Waals surface area contributed by atoms with E-state index < -0.39 is 17.7 Å². The Morgan fingerprint density at radius 1 is 1.06 bits per heavy atom.